The maximum Gasteiger partial charge on any atom is 0.260 e. The van der Waals surface area contributed by atoms with E-state index in [1.54, 1.807) is 0 Å². The second-order valence-electron chi connectivity index (χ2n) is 8.82. The summed E-state index contributed by atoms with van der Waals surface area (Å²) in [6, 6.07) is 14.1. The summed E-state index contributed by atoms with van der Waals surface area (Å²) in [4.78, 5) is 16.9. The molecule has 1 amide bonds. The fraction of sp³-hybridized carbons (Fsp3) is 0.458. The Hall–Kier alpha value is -2.04. The largest absolute Gasteiger partial charge is 0.483 e. The van der Waals surface area contributed by atoms with Gasteiger partial charge < -0.3 is 9.64 Å². The highest BCUT2D eigenvalue weighted by Gasteiger charge is 2.23. The van der Waals surface area contributed by atoms with Gasteiger partial charge in [-0.25, -0.2) is 0 Å². The molecule has 0 aromatic heterocycles. The average molecular weight is 415 g/mol. The Bertz CT molecular complexity index is 835. The van der Waals surface area contributed by atoms with Crippen LogP contribution in [-0.2, 0) is 16.8 Å². The van der Waals surface area contributed by atoms with E-state index in [1.165, 1.54) is 11.1 Å². The van der Waals surface area contributed by atoms with Gasteiger partial charge in [0.15, 0.2) is 6.61 Å². The lowest BCUT2D eigenvalue weighted by Crippen LogP contribution is -2.49. The molecule has 1 heterocycles. The van der Waals surface area contributed by atoms with Gasteiger partial charge in [-0.2, -0.15) is 0 Å². The molecule has 0 saturated carbocycles. The van der Waals surface area contributed by atoms with Crippen molar-refractivity contribution in [2.75, 3.05) is 32.8 Å². The Morgan fingerprint density at radius 3 is 2.31 bits per heavy atom. The number of halogens is 1. The molecular weight excluding hydrogens is 384 g/mol. The molecule has 4 nitrogen and oxygen atoms in total. The number of rotatable bonds is 5. The van der Waals surface area contributed by atoms with Gasteiger partial charge in [-0.3, -0.25) is 9.69 Å². The van der Waals surface area contributed by atoms with E-state index in [9.17, 15) is 4.79 Å². The number of amides is 1. The molecule has 1 saturated heterocycles. The normalized spacial score (nSPS) is 15.4. The van der Waals surface area contributed by atoms with E-state index >= 15 is 0 Å². The van der Waals surface area contributed by atoms with E-state index in [2.05, 4.69) is 50.8 Å². The fourth-order valence-corrected chi connectivity index (χ4v) is 3.72. The number of piperazine rings is 1. The lowest BCUT2D eigenvalue weighted by Gasteiger charge is -2.34. The fourth-order valence-electron chi connectivity index (χ4n) is 3.59. The minimum atomic E-state index is -0.0301. The number of hydrogen-bond donors (Lipinski definition) is 0. The molecule has 0 atom stereocenters. The molecule has 0 aliphatic carbocycles. The molecule has 156 valence electrons. The zero-order valence-corrected chi connectivity index (χ0v) is 18.6. The minimum absolute atomic E-state index is 0.0301. The lowest BCUT2D eigenvalue weighted by atomic mass is 9.85. The van der Waals surface area contributed by atoms with E-state index in [-0.39, 0.29) is 17.9 Å². The molecule has 2 aromatic carbocycles. The molecule has 3 rings (SSSR count). The first-order valence-electron chi connectivity index (χ1n) is 10.2. The van der Waals surface area contributed by atoms with Crippen molar-refractivity contribution in [1.29, 1.82) is 0 Å². The molecule has 2 aromatic rings. The van der Waals surface area contributed by atoms with Crippen LogP contribution in [-0.4, -0.2) is 48.5 Å². The molecule has 1 fully saturated rings. The first-order chi connectivity index (χ1) is 13.7. The Kier molecular flexibility index (Phi) is 6.86. The van der Waals surface area contributed by atoms with Crippen LogP contribution in [0.2, 0.25) is 5.02 Å². The summed E-state index contributed by atoms with van der Waals surface area (Å²) in [5.74, 6) is 0.856. The number of benzene rings is 2. The predicted molar refractivity (Wildman–Crippen MR) is 119 cm³/mol. The molecule has 0 bridgehead atoms. The standard InChI is InChI=1S/C24H31ClN2O2/c1-18-5-10-22(21(15-18)24(2,3)4)29-17-23(28)27-13-11-26(12-14-27)16-19-6-8-20(25)9-7-19/h5-10,15H,11-14,16-17H2,1-4H3. The van der Waals surface area contributed by atoms with Crippen LogP contribution in [0.1, 0.15) is 37.5 Å². The van der Waals surface area contributed by atoms with Gasteiger partial charge in [0, 0.05) is 37.7 Å². The van der Waals surface area contributed by atoms with Crippen molar-refractivity contribution in [2.45, 2.75) is 39.7 Å². The highest BCUT2D eigenvalue weighted by molar-refractivity contribution is 6.30. The van der Waals surface area contributed by atoms with E-state index in [0.717, 1.165) is 49.1 Å². The first kappa shape index (κ1) is 21.7. The summed E-state index contributed by atoms with van der Waals surface area (Å²) < 4.78 is 5.95. The Morgan fingerprint density at radius 2 is 1.69 bits per heavy atom. The summed E-state index contributed by atoms with van der Waals surface area (Å²) >= 11 is 5.95. The van der Waals surface area contributed by atoms with E-state index in [1.807, 2.05) is 29.2 Å². The maximum atomic E-state index is 12.7. The third kappa shape index (κ3) is 5.97. The number of nitrogens with zero attached hydrogens (tertiary/aromatic N) is 2. The summed E-state index contributed by atoms with van der Waals surface area (Å²) in [6.07, 6.45) is 0. The number of aryl methyl sites for hydroxylation is 1. The number of carbonyl (C=O) groups is 1. The van der Waals surface area contributed by atoms with Gasteiger partial charge in [-0.15, -0.1) is 0 Å². The van der Waals surface area contributed by atoms with E-state index in [0.29, 0.717) is 0 Å². The Balaban J connectivity index is 1.51. The average Bonchev–Trinajstić information content (AvgIpc) is 2.68. The van der Waals surface area contributed by atoms with Crippen LogP contribution < -0.4 is 4.74 Å². The van der Waals surface area contributed by atoms with Crippen molar-refractivity contribution < 1.29 is 9.53 Å². The van der Waals surface area contributed by atoms with Crippen molar-refractivity contribution in [2.24, 2.45) is 0 Å². The molecule has 1 aliphatic rings. The van der Waals surface area contributed by atoms with Crippen molar-refractivity contribution in [3.63, 3.8) is 0 Å². The topological polar surface area (TPSA) is 32.8 Å². The van der Waals surface area contributed by atoms with Gasteiger partial charge in [0.05, 0.1) is 0 Å². The monoisotopic (exact) mass is 414 g/mol. The number of hydrogen-bond acceptors (Lipinski definition) is 3. The zero-order valence-electron chi connectivity index (χ0n) is 17.9. The number of ether oxygens (including phenoxy) is 1. The predicted octanol–water partition coefficient (Wildman–Crippen LogP) is 4.67. The van der Waals surface area contributed by atoms with Crippen LogP contribution in [0.3, 0.4) is 0 Å². The summed E-state index contributed by atoms with van der Waals surface area (Å²) in [7, 11) is 0. The molecular formula is C24H31ClN2O2. The van der Waals surface area contributed by atoms with Gasteiger partial charge in [-0.1, -0.05) is 62.2 Å². The van der Waals surface area contributed by atoms with Crippen LogP contribution in [0, 0.1) is 6.92 Å². The van der Waals surface area contributed by atoms with E-state index in [4.69, 9.17) is 16.3 Å². The van der Waals surface area contributed by atoms with Crippen LogP contribution in [0.25, 0.3) is 0 Å². The van der Waals surface area contributed by atoms with Crippen molar-refractivity contribution in [3.05, 3.63) is 64.2 Å². The maximum absolute atomic E-state index is 12.7. The third-order valence-corrected chi connectivity index (χ3v) is 5.59. The van der Waals surface area contributed by atoms with Crippen LogP contribution in [0.15, 0.2) is 42.5 Å². The smallest absolute Gasteiger partial charge is 0.260 e. The SMILES string of the molecule is Cc1ccc(OCC(=O)N2CCN(Cc3ccc(Cl)cc3)CC2)c(C(C)(C)C)c1. The summed E-state index contributed by atoms with van der Waals surface area (Å²) in [5.41, 5.74) is 3.55. The Morgan fingerprint density at radius 1 is 1.03 bits per heavy atom. The first-order valence-corrected chi connectivity index (χ1v) is 10.6. The molecule has 0 radical (unpaired) electrons. The van der Waals surface area contributed by atoms with Crippen molar-refractivity contribution >= 4 is 17.5 Å². The van der Waals surface area contributed by atoms with Crippen LogP contribution >= 0.6 is 11.6 Å². The van der Waals surface area contributed by atoms with Crippen LogP contribution in [0.4, 0.5) is 0 Å². The molecule has 29 heavy (non-hydrogen) atoms. The molecule has 0 unspecified atom stereocenters. The van der Waals surface area contributed by atoms with Crippen LogP contribution in [0.5, 0.6) is 5.75 Å². The van der Waals surface area contributed by atoms with Crippen molar-refractivity contribution in [1.82, 2.24) is 9.80 Å². The Labute approximate surface area is 179 Å². The lowest BCUT2D eigenvalue weighted by molar-refractivity contribution is -0.135. The molecule has 0 N–H and O–H groups in total. The van der Waals surface area contributed by atoms with Gasteiger partial charge >= 0.3 is 0 Å². The minimum Gasteiger partial charge on any atom is -0.483 e. The number of carbonyl (C=O) groups excluding carboxylic acids is 1. The molecule has 0 spiro atoms. The second-order valence-corrected chi connectivity index (χ2v) is 9.26. The summed E-state index contributed by atoms with van der Waals surface area (Å²) in [5, 5.41) is 0.757. The highest BCUT2D eigenvalue weighted by atomic mass is 35.5. The zero-order chi connectivity index (χ0) is 21.0. The van der Waals surface area contributed by atoms with Crippen molar-refractivity contribution in [3.8, 4) is 5.75 Å². The van der Waals surface area contributed by atoms with Gasteiger partial charge in [0.1, 0.15) is 5.75 Å². The van der Waals surface area contributed by atoms with Gasteiger partial charge in [0.25, 0.3) is 5.91 Å². The highest BCUT2D eigenvalue weighted by Crippen LogP contribution is 2.32. The molecule has 5 heteroatoms. The van der Waals surface area contributed by atoms with Gasteiger partial charge in [-0.05, 0) is 41.7 Å². The molecule has 1 aliphatic heterocycles. The third-order valence-electron chi connectivity index (χ3n) is 5.34. The van der Waals surface area contributed by atoms with Gasteiger partial charge in [0.2, 0.25) is 0 Å². The summed E-state index contributed by atoms with van der Waals surface area (Å²) in [6.45, 7) is 12.7. The quantitative estimate of drug-likeness (QED) is 0.712. The van der Waals surface area contributed by atoms with E-state index < -0.39 is 0 Å². The second kappa shape index (κ2) is 9.19.